The molecule has 44 heavy (non-hydrogen) atoms. The van der Waals surface area contributed by atoms with Gasteiger partial charge in [-0.1, -0.05) is 25.4 Å². The average molecular weight is 673 g/mol. The summed E-state index contributed by atoms with van der Waals surface area (Å²) in [6, 6.07) is 0.158. The monoisotopic (exact) mass is 672 g/mol. The highest BCUT2D eigenvalue weighted by Crippen LogP contribution is 2.42. The molecule has 0 aliphatic heterocycles. The predicted octanol–water partition coefficient (Wildman–Crippen LogP) is 4.90. The van der Waals surface area contributed by atoms with E-state index >= 15 is 0 Å². The molecule has 3 N–H and O–H groups in total. The molecular weight excluding hydrogens is 639 g/mol. The van der Waals surface area contributed by atoms with Gasteiger partial charge in [-0.05, 0) is 38.5 Å². The largest absolute Gasteiger partial charge is 0.434 e. The van der Waals surface area contributed by atoms with E-state index in [4.69, 9.17) is 11.6 Å². The van der Waals surface area contributed by atoms with E-state index in [1.54, 1.807) is 6.92 Å². The van der Waals surface area contributed by atoms with Crippen LogP contribution in [0.5, 0.6) is 5.75 Å². The summed E-state index contributed by atoms with van der Waals surface area (Å²) in [5, 5.41) is 8.16. The fourth-order valence-electron chi connectivity index (χ4n) is 4.80. The van der Waals surface area contributed by atoms with Gasteiger partial charge in [-0.25, -0.2) is 17.9 Å². The summed E-state index contributed by atoms with van der Waals surface area (Å²) in [6.45, 7) is 0.571. The van der Waals surface area contributed by atoms with Crippen LogP contribution >= 0.6 is 11.6 Å². The van der Waals surface area contributed by atoms with Crippen LogP contribution in [0.25, 0.3) is 11.3 Å². The van der Waals surface area contributed by atoms with E-state index in [-0.39, 0.29) is 59.5 Å². The van der Waals surface area contributed by atoms with Gasteiger partial charge >= 0.3 is 18.8 Å². The van der Waals surface area contributed by atoms with E-state index in [1.807, 2.05) is 4.72 Å². The maximum Gasteiger partial charge on any atom is 0.394 e. The Bertz CT molecular complexity index is 1460. The van der Waals surface area contributed by atoms with Crippen molar-refractivity contribution in [3.05, 3.63) is 28.7 Å². The quantitative estimate of drug-likeness (QED) is 0.288. The Balaban J connectivity index is 1.78. The first kappa shape index (κ1) is 35.3. The Morgan fingerprint density at radius 2 is 1.82 bits per heavy atom. The molecule has 1 saturated carbocycles. The maximum absolute atomic E-state index is 13.4. The Kier molecular flexibility index (Phi) is 11.1. The summed E-state index contributed by atoms with van der Waals surface area (Å²) in [5.41, 5.74) is -2.65. The van der Waals surface area contributed by atoms with Gasteiger partial charge in [-0.3, -0.25) is 14.5 Å². The number of ether oxygens (including phenoxy) is 1. The van der Waals surface area contributed by atoms with Crippen molar-refractivity contribution in [2.24, 2.45) is 11.3 Å². The summed E-state index contributed by atoms with van der Waals surface area (Å²) < 4.78 is 99.5. The van der Waals surface area contributed by atoms with Crippen molar-refractivity contribution >= 4 is 33.6 Å². The van der Waals surface area contributed by atoms with Gasteiger partial charge in [-0.15, -0.1) is 0 Å². The SMILES string of the molecule is CCn1nc(C(=O)NCC2CCC(S(=O)(=O)NC(=O)NC)CC2)c(Cl)c1-c1cnc(CC(C)(C)C(F)(F)F)cc1OC(F)F. The van der Waals surface area contributed by atoms with Crippen LogP contribution in [0.3, 0.4) is 0 Å². The highest BCUT2D eigenvalue weighted by Gasteiger charge is 2.47. The van der Waals surface area contributed by atoms with Crippen LogP contribution in [-0.4, -0.2) is 66.8 Å². The summed E-state index contributed by atoms with van der Waals surface area (Å²) >= 11 is 6.53. The highest BCUT2D eigenvalue weighted by molar-refractivity contribution is 7.90. The van der Waals surface area contributed by atoms with Gasteiger partial charge in [0.05, 0.1) is 26.9 Å². The van der Waals surface area contributed by atoms with E-state index in [0.29, 0.717) is 12.8 Å². The molecular formula is C26H34ClF5N6O5S. The maximum atomic E-state index is 13.4. The lowest BCUT2D eigenvalue weighted by Crippen LogP contribution is -2.44. The minimum absolute atomic E-state index is 0.0124. The molecule has 18 heteroatoms. The third kappa shape index (κ3) is 8.28. The van der Waals surface area contributed by atoms with Gasteiger partial charge in [-0.2, -0.15) is 27.1 Å². The zero-order valence-corrected chi connectivity index (χ0v) is 26.0. The lowest BCUT2D eigenvalue weighted by Gasteiger charge is -2.28. The minimum atomic E-state index is -4.58. The Labute approximate surface area is 256 Å². The normalized spacial score (nSPS) is 17.8. The lowest BCUT2D eigenvalue weighted by atomic mass is 9.86. The van der Waals surface area contributed by atoms with E-state index < -0.39 is 57.6 Å². The molecule has 11 nitrogen and oxygen atoms in total. The van der Waals surface area contributed by atoms with E-state index in [0.717, 1.165) is 26.1 Å². The van der Waals surface area contributed by atoms with Crippen molar-refractivity contribution < 1.29 is 44.7 Å². The standard InChI is InChI=1S/C26H34ClF5N6O5S/c1-5-38-21(17-13-34-15(10-18(17)43-23(28)29)11-25(2,3)26(30,31)32)19(27)20(36-38)22(39)35-12-14-6-8-16(9-7-14)44(41,42)37-24(40)33-4/h10,13-14,16,23H,5-9,11-12H2,1-4H3,(H,35,39)(H2,33,37,40). The number of aryl methyl sites for hydroxylation is 1. The molecule has 246 valence electrons. The van der Waals surface area contributed by atoms with Crippen molar-refractivity contribution in [1.29, 1.82) is 0 Å². The molecule has 2 heterocycles. The van der Waals surface area contributed by atoms with Crippen LogP contribution in [0.2, 0.25) is 5.02 Å². The van der Waals surface area contributed by atoms with Crippen molar-refractivity contribution in [2.45, 2.75) is 77.5 Å². The zero-order chi connectivity index (χ0) is 33.0. The third-order valence-electron chi connectivity index (χ3n) is 7.44. The van der Waals surface area contributed by atoms with Crippen molar-refractivity contribution in [2.75, 3.05) is 13.6 Å². The fourth-order valence-corrected chi connectivity index (χ4v) is 6.54. The number of pyridine rings is 1. The van der Waals surface area contributed by atoms with Crippen LogP contribution in [0.1, 0.15) is 62.6 Å². The molecule has 3 rings (SSSR count). The van der Waals surface area contributed by atoms with Gasteiger partial charge in [0, 0.05) is 44.5 Å². The Morgan fingerprint density at radius 3 is 2.36 bits per heavy atom. The number of nitrogens with zero attached hydrogens (tertiary/aromatic N) is 3. The van der Waals surface area contributed by atoms with Gasteiger partial charge in [0.1, 0.15) is 5.75 Å². The van der Waals surface area contributed by atoms with Crippen LogP contribution in [0.15, 0.2) is 12.3 Å². The number of rotatable bonds is 11. The molecule has 2 aromatic heterocycles. The second kappa shape index (κ2) is 13.8. The molecule has 3 amide bonds. The summed E-state index contributed by atoms with van der Waals surface area (Å²) in [5.74, 6) is -1.22. The highest BCUT2D eigenvalue weighted by atomic mass is 35.5. The molecule has 0 aromatic carbocycles. The molecule has 0 spiro atoms. The van der Waals surface area contributed by atoms with Crippen LogP contribution in [0.4, 0.5) is 26.7 Å². The molecule has 1 aliphatic rings. The van der Waals surface area contributed by atoms with Gasteiger partial charge < -0.3 is 15.4 Å². The minimum Gasteiger partial charge on any atom is -0.434 e. The predicted molar refractivity (Wildman–Crippen MR) is 151 cm³/mol. The number of hydrogen-bond donors (Lipinski definition) is 3. The topological polar surface area (TPSA) is 144 Å². The first-order valence-electron chi connectivity index (χ1n) is 13.7. The zero-order valence-electron chi connectivity index (χ0n) is 24.4. The fraction of sp³-hybridized carbons (Fsp3) is 0.615. The van der Waals surface area contributed by atoms with Gasteiger partial charge in [0.25, 0.3) is 5.91 Å². The second-order valence-electron chi connectivity index (χ2n) is 11.0. The van der Waals surface area contributed by atoms with Crippen molar-refractivity contribution in [1.82, 2.24) is 30.1 Å². The number of carbonyl (C=O) groups is 2. The summed E-state index contributed by atoms with van der Waals surface area (Å²) in [7, 11) is -2.55. The number of aromatic nitrogens is 3. The lowest BCUT2D eigenvalue weighted by molar-refractivity contribution is -0.211. The summed E-state index contributed by atoms with van der Waals surface area (Å²) in [6.07, 6.45) is -2.66. The van der Waals surface area contributed by atoms with Crippen LogP contribution in [-0.2, 0) is 23.0 Å². The molecule has 1 aliphatic carbocycles. The third-order valence-corrected chi connectivity index (χ3v) is 9.62. The molecule has 0 saturated heterocycles. The van der Waals surface area contributed by atoms with E-state index in [1.165, 1.54) is 11.7 Å². The first-order valence-corrected chi connectivity index (χ1v) is 15.6. The number of amides is 3. The number of hydrogen-bond acceptors (Lipinski definition) is 7. The van der Waals surface area contributed by atoms with Gasteiger partial charge in [0.2, 0.25) is 10.0 Å². The first-order chi connectivity index (χ1) is 20.4. The molecule has 0 atom stereocenters. The molecule has 0 radical (unpaired) electrons. The number of nitrogens with one attached hydrogen (secondary N) is 3. The van der Waals surface area contributed by atoms with E-state index in [2.05, 4.69) is 25.5 Å². The van der Waals surface area contributed by atoms with E-state index in [9.17, 15) is 40.0 Å². The number of halogens is 6. The van der Waals surface area contributed by atoms with Crippen LogP contribution < -0.4 is 20.1 Å². The molecule has 0 bridgehead atoms. The molecule has 0 unspecified atom stereocenters. The number of alkyl halides is 5. The molecule has 1 fully saturated rings. The molecule has 2 aromatic rings. The Morgan fingerprint density at radius 1 is 1.18 bits per heavy atom. The summed E-state index contributed by atoms with van der Waals surface area (Å²) in [4.78, 5) is 28.5. The van der Waals surface area contributed by atoms with Crippen molar-refractivity contribution in [3.8, 4) is 17.0 Å². The van der Waals surface area contributed by atoms with Crippen molar-refractivity contribution in [3.63, 3.8) is 0 Å². The Hall–Kier alpha value is -3.21. The van der Waals surface area contributed by atoms with Gasteiger partial charge in [0.15, 0.2) is 5.69 Å². The smallest absolute Gasteiger partial charge is 0.394 e. The number of carbonyl (C=O) groups excluding carboxylic acids is 2. The number of urea groups is 1. The number of sulfonamides is 1. The average Bonchev–Trinajstić information content (AvgIpc) is 3.26. The second-order valence-corrected chi connectivity index (χ2v) is 13.4. The van der Waals surface area contributed by atoms with Crippen LogP contribution in [0, 0.1) is 11.3 Å².